The van der Waals surface area contributed by atoms with Gasteiger partial charge in [0.15, 0.2) is 0 Å². The van der Waals surface area contributed by atoms with Gasteiger partial charge in [-0.25, -0.2) is 0 Å². The number of nitrogens with one attached hydrogen (secondary N) is 1. The Labute approximate surface area is 95.8 Å². The van der Waals surface area contributed by atoms with Gasteiger partial charge in [-0.05, 0) is 40.9 Å². The van der Waals surface area contributed by atoms with Crippen molar-refractivity contribution in [1.29, 1.82) is 0 Å². The molecule has 14 heavy (non-hydrogen) atoms. The van der Waals surface area contributed by atoms with Crippen molar-refractivity contribution < 1.29 is 4.79 Å². The van der Waals surface area contributed by atoms with E-state index in [1.807, 2.05) is 12.1 Å². The lowest BCUT2D eigenvalue weighted by Gasteiger charge is -2.23. The van der Waals surface area contributed by atoms with Crippen molar-refractivity contribution in [3.63, 3.8) is 0 Å². The van der Waals surface area contributed by atoms with Crippen LogP contribution in [0.3, 0.4) is 0 Å². The largest absolute Gasteiger partial charge is 0.351 e. The first-order valence-corrected chi connectivity index (χ1v) is 6.38. The molecule has 1 aromatic rings. The SMILES string of the molecule is O=C(NCc1ccc(Br)s1)C1CCC1. The van der Waals surface area contributed by atoms with Crippen molar-refractivity contribution in [2.24, 2.45) is 5.92 Å². The first-order chi connectivity index (χ1) is 6.75. The fourth-order valence-corrected chi connectivity index (χ4v) is 2.86. The van der Waals surface area contributed by atoms with Crippen LogP contribution in [-0.2, 0) is 11.3 Å². The fraction of sp³-hybridized carbons (Fsp3) is 0.500. The van der Waals surface area contributed by atoms with Crippen molar-refractivity contribution in [3.05, 3.63) is 20.8 Å². The molecule has 4 heteroatoms. The van der Waals surface area contributed by atoms with E-state index in [0.29, 0.717) is 12.5 Å². The summed E-state index contributed by atoms with van der Waals surface area (Å²) in [7, 11) is 0. The monoisotopic (exact) mass is 273 g/mol. The smallest absolute Gasteiger partial charge is 0.223 e. The molecule has 1 amide bonds. The maximum absolute atomic E-state index is 11.5. The summed E-state index contributed by atoms with van der Waals surface area (Å²) in [5.41, 5.74) is 0. The van der Waals surface area contributed by atoms with Gasteiger partial charge in [0.05, 0.1) is 10.3 Å². The van der Waals surface area contributed by atoms with Crippen molar-refractivity contribution in [2.75, 3.05) is 0 Å². The highest BCUT2D eigenvalue weighted by atomic mass is 79.9. The molecule has 76 valence electrons. The minimum Gasteiger partial charge on any atom is -0.351 e. The summed E-state index contributed by atoms with van der Waals surface area (Å²) in [5, 5.41) is 2.96. The van der Waals surface area contributed by atoms with E-state index in [2.05, 4.69) is 21.2 Å². The highest BCUT2D eigenvalue weighted by Crippen LogP contribution is 2.26. The number of halogens is 1. The van der Waals surface area contributed by atoms with E-state index in [9.17, 15) is 4.79 Å². The normalized spacial score (nSPS) is 16.4. The third kappa shape index (κ3) is 2.36. The van der Waals surface area contributed by atoms with Crippen LogP contribution in [-0.4, -0.2) is 5.91 Å². The van der Waals surface area contributed by atoms with Crippen molar-refractivity contribution >= 4 is 33.2 Å². The molecule has 1 aliphatic carbocycles. The number of amides is 1. The fourth-order valence-electron chi connectivity index (χ4n) is 1.44. The summed E-state index contributed by atoms with van der Waals surface area (Å²) in [4.78, 5) is 12.7. The summed E-state index contributed by atoms with van der Waals surface area (Å²) in [6, 6.07) is 4.05. The highest BCUT2D eigenvalue weighted by Gasteiger charge is 2.24. The number of carbonyl (C=O) groups is 1. The van der Waals surface area contributed by atoms with Gasteiger partial charge in [0.1, 0.15) is 0 Å². The van der Waals surface area contributed by atoms with E-state index in [-0.39, 0.29) is 5.91 Å². The van der Waals surface area contributed by atoms with Crippen LogP contribution in [0.25, 0.3) is 0 Å². The molecule has 0 atom stereocenters. The third-order valence-corrected chi connectivity index (χ3v) is 4.17. The Kier molecular flexibility index (Phi) is 3.23. The zero-order valence-electron chi connectivity index (χ0n) is 7.75. The summed E-state index contributed by atoms with van der Waals surface area (Å²) in [5.74, 6) is 0.513. The Morgan fingerprint density at radius 3 is 2.86 bits per heavy atom. The Bertz CT molecular complexity index is 333. The van der Waals surface area contributed by atoms with Crippen molar-refractivity contribution in [3.8, 4) is 0 Å². The molecule has 2 rings (SSSR count). The van der Waals surface area contributed by atoms with Gasteiger partial charge < -0.3 is 5.32 Å². The van der Waals surface area contributed by atoms with Crippen LogP contribution >= 0.6 is 27.3 Å². The molecule has 1 fully saturated rings. The topological polar surface area (TPSA) is 29.1 Å². The third-order valence-electron chi connectivity index (χ3n) is 2.54. The lowest BCUT2D eigenvalue weighted by molar-refractivity contribution is -0.127. The summed E-state index contributed by atoms with van der Waals surface area (Å²) >= 11 is 5.07. The van der Waals surface area contributed by atoms with Crippen LogP contribution in [0.5, 0.6) is 0 Å². The Balaban J connectivity index is 1.79. The molecule has 0 aliphatic heterocycles. The van der Waals surface area contributed by atoms with Crippen LogP contribution in [0.15, 0.2) is 15.9 Å². The number of thiophene rings is 1. The second kappa shape index (κ2) is 4.45. The summed E-state index contributed by atoms with van der Waals surface area (Å²) < 4.78 is 1.12. The molecule has 0 radical (unpaired) electrons. The van der Waals surface area contributed by atoms with Crippen molar-refractivity contribution in [2.45, 2.75) is 25.8 Å². The van der Waals surface area contributed by atoms with Gasteiger partial charge in [-0.2, -0.15) is 0 Å². The van der Waals surface area contributed by atoms with Gasteiger partial charge >= 0.3 is 0 Å². The lowest BCUT2D eigenvalue weighted by Crippen LogP contribution is -2.33. The van der Waals surface area contributed by atoms with Gasteiger partial charge in [0, 0.05) is 10.8 Å². The number of rotatable bonds is 3. The number of hydrogen-bond acceptors (Lipinski definition) is 2. The van der Waals surface area contributed by atoms with Crippen LogP contribution in [0.1, 0.15) is 24.1 Å². The van der Waals surface area contributed by atoms with Crippen LogP contribution < -0.4 is 5.32 Å². The standard InChI is InChI=1S/C10H12BrNOS/c11-9-5-4-8(14-9)6-12-10(13)7-2-1-3-7/h4-5,7H,1-3,6H2,(H,12,13). The molecular weight excluding hydrogens is 262 g/mol. The molecular formula is C10H12BrNOS. The average Bonchev–Trinajstić information content (AvgIpc) is 2.45. The average molecular weight is 274 g/mol. The molecule has 1 aromatic heterocycles. The summed E-state index contributed by atoms with van der Waals surface area (Å²) in [6.07, 6.45) is 3.35. The molecule has 2 nitrogen and oxygen atoms in total. The van der Waals surface area contributed by atoms with Gasteiger partial charge in [0.2, 0.25) is 5.91 Å². The molecule has 1 saturated carbocycles. The zero-order valence-corrected chi connectivity index (χ0v) is 10.2. The second-order valence-corrected chi connectivity index (χ2v) is 6.10. The summed E-state index contributed by atoms with van der Waals surface area (Å²) in [6.45, 7) is 0.672. The molecule has 1 aliphatic rings. The maximum Gasteiger partial charge on any atom is 0.223 e. The number of carbonyl (C=O) groups excluding carboxylic acids is 1. The second-order valence-electron chi connectivity index (χ2n) is 3.55. The molecule has 1 N–H and O–H groups in total. The first-order valence-electron chi connectivity index (χ1n) is 4.77. The Morgan fingerprint density at radius 1 is 1.57 bits per heavy atom. The van der Waals surface area contributed by atoms with E-state index in [4.69, 9.17) is 0 Å². The Hall–Kier alpha value is -0.350. The maximum atomic E-state index is 11.5. The van der Waals surface area contributed by atoms with Crippen LogP contribution in [0, 0.1) is 5.92 Å². The van der Waals surface area contributed by atoms with E-state index in [1.165, 1.54) is 11.3 Å². The van der Waals surface area contributed by atoms with Gasteiger partial charge in [-0.15, -0.1) is 11.3 Å². The first kappa shape index (κ1) is 10.2. The van der Waals surface area contributed by atoms with Crippen LogP contribution in [0.2, 0.25) is 0 Å². The minimum atomic E-state index is 0.223. The van der Waals surface area contributed by atoms with Crippen molar-refractivity contribution in [1.82, 2.24) is 5.32 Å². The van der Waals surface area contributed by atoms with E-state index < -0.39 is 0 Å². The predicted octanol–water partition coefficient (Wildman–Crippen LogP) is 2.93. The van der Waals surface area contributed by atoms with Gasteiger partial charge in [-0.1, -0.05) is 6.42 Å². The molecule has 0 unspecified atom stereocenters. The molecule has 0 aromatic carbocycles. The van der Waals surface area contributed by atoms with E-state index in [0.717, 1.165) is 16.6 Å². The van der Waals surface area contributed by atoms with Gasteiger partial charge in [-0.3, -0.25) is 4.79 Å². The zero-order chi connectivity index (χ0) is 9.97. The minimum absolute atomic E-state index is 0.223. The van der Waals surface area contributed by atoms with Crippen LogP contribution in [0.4, 0.5) is 0 Å². The number of hydrogen-bond donors (Lipinski definition) is 1. The molecule has 0 saturated heterocycles. The Morgan fingerprint density at radius 2 is 2.36 bits per heavy atom. The lowest BCUT2D eigenvalue weighted by atomic mass is 9.85. The highest BCUT2D eigenvalue weighted by molar-refractivity contribution is 9.11. The van der Waals surface area contributed by atoms with E-state index in [1.54, 1.807) is 11.3 Å². The van der Waals surface area contributed by atoms with Gasteiger partial charge in [0.25, 0.3) is 0 Å². The quantitative estimate of drug-likeness (QED) is 0.902. The van der Waals surface area contributed by atoms with E-state index >= 15 is 0 Å². The molecule has 1 heterocycles. The molecule has 0 spiro atoms. The predicted molar refractivity (Wildman–Crippen MR) is 61.2 cm³/mol. The molecule has 0 bridgehead atoms.